The van der Waals surface area contributed by atoms with Gasteiger partial charge in [-0.3, -0.25) is 0 Å². The van der Waals surface area contributed by atoms with Crippen LogP contribution in [0.2, 0.25) is 0 Å². The topological polar surface area (TPSA) is 23.5 Å². The van der Waals surface area contributed by atoms with E-state index in [1.54, 1.807) is 0 Å². The molecular weight excluding hydrogens is 174 g/mol. The number of aryl methyl sites for hydroxylation is 1. The SMILES string of the molecule is OCc1cc2c3c(c1)CCN3CCC2. The Balaban J connectivity index is 2.16. The highest BCUT2D eigenvalue weighted by molar-refractivity contribution is 5.65. The second kappa shape index (κ2) is 2.99. The van der Waals surface area contributed by atoms with Gasteiger partial charge in [0, 0.05) is 18.8 Å². The van der Waals surface area contributed by atoms with Crippen molar-refractivity contribution in [2.45, 2.75) is 25.9 Å². The third kappa shape index (κ3) is 1.07. The molecule has 0 unspecified atom stereocenters. The molecule has 0 amide bonds. The Bertz CT molecular complexity index is 373. The van der Waals surface area contributed by atoms with E-state index in [1.807, 2.05) is 0 Å². The molecule has 1 N–H and O–H groups in total. The summed E-state index contributed by atoms with van der Waals surface area (Å²) in [6.45, 7) is 2.58. The maximum absolute atomic E-state index is 9.16. The molecule has 0 aromatic heterocycles. The van der Waals surface area contributed by atoms with E-state index < -0.39 is 0 Å². The lowest BCUT2D eigenvalue weighted by atomic mass is 9.97. The molecule has 0 fully saturated rings. The van der Waals surface area contributed by atoms with Crippen LogP contribution in [0.5, 0.6) is 0 Å². The number of aliphatic hydroxyl groups is 1. The van der Waals surface area contributed by atoms with Gasteiger partial charge in [-0.2, -0.15) is 0 Å². The van der Waals surface area contributed by atoms with Crippen LogP contribution in [0.15, 0.2) is 12.1 Å². The average Bonchev–Trinajstić information content (AvgIpc) is 2.64. The van der Waals surface area contributed by atoms with E-state index in [9.17, 15) is 0 Å². The Morgan fingerprint density at radius 1 is 1.14 bits per heavy atom. The molecule has 0 saturated heterocycles. The van der Waals surface area contributed by atoms with Crippen molar-refractivity contribution >= 4 is 5.69 Å². The summed E-state index contributed by atoms with van der Waals surface area (Å²) in [5.74, 6) is 0. The van der Waals surface area contributed by atoms with Gasteiger partial charge in [0.25, 0.3) is 0 Å². The minimum atomic E-state index is 0.181. The predicted molar refractivity (Wildman–Crippen MR) is 56.6 cm³/mol. The third-order valence-corrected chi connectivity index (χ3v) is 3.35. The predicted octanol–water partition coefficient (Wildman–Crippen LogP) is 1.49. The molecule has 14 heavy (non-hydrogen) atoms. The van der Waals surface area contributed by atoms with E-state index in [1.165, 1.54) is 42.7 Å². The van der Waals surface area contributed by atoms with Gasteiger partial charge in [0.15, 0.2) is 0 Å². The van der Waals surface area contributed by atoms with Crippen LogP contribution in [-0.4, -0.2) is 18.2 Å². The van der Waals surface area contributed by atoms with Crippen LogP contribution in [0.3, 0.4) is 0 Å². The molecule has 3 rings (SSSR count). The number of aliphatic hydroxyl groups excluding tert-OH is 1. The lowest BCUT2D eigenvalue weighted by Gasteiger charge is -2.27. The fourth-order valence-corrected chi connectivity index (χ4v) is 2.76. The smallest absolute Gasteiger partial charge is 0.0682 e. The van der Waals surface area contributed by atoms with Crippen molar-refractivity contribution in [2.75, 3.05) is 18.0 Å². The van der Waals surface area contributed by atoms with Gasteiger partial charge in [-0.25, -0.2) is 0 Å². The molecule has 74 valence electrons. The molecule has 2 heteroatoms. The number of hydrogen-bond acceptors (Lipinski definition) is 2. The van der Waals surface area contributed by atoms with E-state index in [0.717, 1.165) is 12.0 Å². The first-order chi connectivity index (χ1) is 6.88. The fourth-order valence-electron chi connectivity index (χ4n) is 2.76. The largest absolute Gasteiger partial charge is 0.392 e. The third-order valence-electron chi connectivity index (χ3n) is 3.35. The summed E-state index contributed by atoms with van der Waals surface area (Å²) in [6, 6.07) is 4.35. The van der Waals surface area contributed by atoms with Crippen LogP contribution in [0.1, 0.15) is 23.1 Å². The quantitative estimate of drug-likeness (QED) is 0.723. The summed E-state index contributed by atoms with van der Waals surface area (Å²) in [7, 11) is 0. The van der Waals surface area contributed by atoms with Gasteiger partial charge < -0.3 is 10.0 Å². The minimum Gasteiger partial charge on any atom is -0.392 e. The van der Waals surface area contributed by atoms with Crippen molar-refractivity contribution < 1.29 is 5.11 Å². The average molecular weight is 189 g/mol. The first-order valence-corrected chi connectivity index (χ1v) is 5.39. The minimum absolute atomic E-state index is 0.181. The molecule has 0 aliphatic carbocycles. The lowest BCUT2D eigenvalue weighted by Crippen LogP contribution is -2.26. The van der Waals surface area contributed by atoms with Crippen molar-refractivity contribution in [2.24, 2.45) is 0 Å². The van der Waals surface area contributed by atoms with Crippen LogP contribution in [-0.2, 0) is 19.4 Å². The number of benzene rings is 1. The van der Waals surface area contributed by atoms with Crippen molar-refractivity contribution in [1.82, 2.24) is 0 Å². The number of nitrogens with zero attached hydrogens (tertiary/aromatic N) is 1. The fraction of sp³-hybridized carbons (Fsp3) is 0.500. The molecule has 2 aliphatic heterocycles. The Kier molecular flexibility index (Phi) is 1.77. The molecule has 0 radical (unpaired) electrons. The van der Waals surface area contributed by atoms with E-state index >= 15 is 0 Å². The molecule has 0 atom stereocenters. The van der Waals surface area contributed by atoms with Crippen molar-refractivity contribution in [3.8, 4) is 0 Å². The maximum Gasteiger partial charge on any atom is 0.0682 e. The Hall–Kier alpha value is -1.02. The zero-order valence-corrected chi connectivity index (χ0v) is 8.29. The van der Waals surface area contributed by atoms with Crippen LogP contribution < -0.4 is 4.90 Å². The summed E-state index contributed by atoms with van der Waals surface area (Å²) >= 11 is 0. The lowest BCUT2D eigenvalue weighted by molar-refractivity contribution is 0.281. The molecular formula is C12H15NO. The van der Waals surface area contributed by atoms with Crippen LogP contribution >= 0.6 is 0 Å². The molecule has 0 saturated carbocycles. The van der Waals surface area contributed by atoms with Crippen LogP contribution in [0, 0.1) is 0 Å². The molecule has 2 nitrogen and oxygen atoms in total. The van der Waals surface area contributed by atoms with Gasteiger partial charge in [-0.1, -0.05) is 12.1 Å². The molecule has 2 heterocycles. The van der Waals surface area contributed by atoms with Crippen LogP contribution in [0.4, 0.5) is 5.69 Å². The van der Waals surface area contributed by atoms with E-state index in [-0.39, 0.29) is 6.61 Å². The van der Waals surface area contributed by atoms with Gasteiger partial charge in [0.2, 0.25) is 0 Å². The van der Waals surface area contributed by atoms with Gasteiger partial charge in [-0.15, -0.1) is 0 Å². The van der Waals surface area contributed by atoms with Crippen molar-refractivity contribution in [3.63, 3.8) is 0 Å². The monoisotopic (exact) mass is 189 g/mol. The first kappa shape index (κ1) is 8.30. The molecule has 2 aliphatic rings. The Morgan fingerprint density at radius 3 is 2.71 bits per heavy atom. The molecule has 1 aromatic rings. The van der Waals surface area contributed by atoms with Gasteiger partial charge in [-0.05, 0) is 36.0 Å². The molecule has 0 spiro atoms. The number of anilines is 1. The summed E-state index contributed by atoms with van der Waals surface area (Å²) in [4.78, 5) is 2.50. The second-order valence-corrected chi connectivity index (χ2v) is 4.26. The highest BCUT2D eigenvalue weighted by Gasteiger charge is 2.25. The van der Waals surface area contributed by atoms with Gasteiger partial charge in [0.1, 0.15) is 0 Å². The number of hydrogen-bond donors (Lipinski definition) is 1. The first-order valence-electron chi connectivity index (χ1n) is 5.39. The van der Waals surface area contributed by atoms with E-state index in [4.69, 9.17) is 5.11 Å². The molecule has 1 aromatic carbocycles. The summed E-state index contributed by atoms with van der Waals surface area (Å²) in [5.41, 5.74) is 5.47. The summed E-state index contributed by atoms with van der Waals surface area (Å²) in [5, 5.41) is 9.16. The number of rotatable bonds is 1. The van der Waals surface area contributed by atoms with E-state index in [2.05, 4.69) is 17.0 Å². The summed E-state index contributed by atoms with van der Waals surface area (Å²) in [6.07, 6.45) is 3.62. The standard InChI is InChI=1S/C12H15NO/c14-8-9-6-10-2-1-4-13-5-3-11(7-9)12(10)13/h6-7,14H,1-5,8H2. The maximum atomic E-state index is 9.16. The highest BCUT2D eigenvalue weighted by atomic mass is 16.3. The Labute approximate surface area is 84.2 Å². The highest BCUT2D eigenvalue weighted by Crippen LogP contribution is 2.36. The van der Waals surface area contributed by atoms with Crippen molar-refractivity contribution in [3.05, 3.63) is 28.8 Å². The van der Waals surface area contributed by atoms with Gasteiger partial charge >= 0.3 is 0 Å². The van der Waals surface area contributed by atoms with E-state index in [0.29, 0.717) is 0 Å². The zero-order chi connectivity index (χ0) is 9.54. The van der Waals surface area contributed by atoms with Crippen molar-refractivity contribution in [1.29, 1.82) is 0 Å². The summed E-state index contributed by atoms with van der Waals surface area (Å²) < 4.78 is 0. The molecule has 0 bridgehead atoms. The zero-order valence-electron chi connectivity index (χ0n) is 8.29. The normalized spacial score (nSPS) is 18.5. The Morgan fingerprint density at radius 2 is 1.93 bits per heavy atom. The van der Waals surface area contributed by atoms with Gasteiger partial charge in [0.05, 0.1) is 6.61 Å². The van der Waals surface area contributed by atoms with Crippen LogP contribution in [0.25, 0.3) is 0 Å². The second-order valence-electron chi connectivity index (χ2n) is 4.26.